The van der Waals surface area contributed by atoms with Crippen LogP contribution in [0.5, 0.6) is 5.75 Å². The summed E-state index contributed by atoms with van der Waals surface area (Å²) in [6.45, 7) is 0.741. The molecule has 0 bridgehead atoms. The fourth-order valence-corrected chi connectivity index (χ4v) is 3.41. The van der Waals surface area contributed by atoms with Crippen LogP contribution in [0.1, 0.15) is 24.9 Å². The molecule has 0 saturated heterocycles. The Morgan fingerprint density at radius 1 is 1.38 bits per heavy atom. The van der Waals surface area contributed by atoms with Crippen molar-refractivity contribution in [2.24, 2.45) is 5.92 Å². The molecule has 2 unspecified atom stereocenters. The van der Waals surface area contributed by atoms with E-state index >= 15 is 0 Å². The van der Waals surface area contributed by atoms with Crippen LogP contribution < -0.4 is 15.6 Å². The molecule has 1 aromatic carbocycles. The lowest BCUT2D eigenvalue weighted by molar-refractivity contribution is -0.0434. The van der Waals surface area contributed by atoms with E-state index in [9.17, 15) is 21.6 Å². The summed E-state index contributed by atoms with van der Waals surface area (Å²) >= 11 is 3.01. The normalized spacial score (nSPS) is 20.7. The number of benzene rings is 1. The number of hydrazine groups is 1. The van der Waals surface area contributed by atoms with E-state index in [0.29, 0.717) is 5.56 Å². The Kier molecular flexibility index (Phi) is 6.59. The van der Waals surface area contributed by atoms with Gasteiger partial charge in [-0.1, -0.05) is 19.1 Å². The van der Waals surface area contributed by atoms with Crippen molar-refractivity contribution in [1.82, 2.24) is 10.9 Å². The molecule has 0 amide bonds. The molecule has 1 aliphatic rings. The summed E-state index contributed by atoms with van der Waals surface area (Å²) in [4.78, 5) is 0. The van der Waals surface area contributed by atoms with Crippen LogP contribution in [0.25, 0.3) is 0 Å². The lowest BCUT2D eigenvalue weighted by Crippen LogP contribution is -2.38. The topological polar surface area (TPSA) is 87.7 Å². The highest BCUT2D eigenvalue weighted by Gasteiger charge is 2.32. The maximum atomic E-state index is 14.6. The van der Waals surface area contributed by atoms with E-state index in [2.05, 4.69) is 26.8 Å². The Balaban J connectivity index is 2.09. The van der Waals surface area contributed by atoms with Crippen LogP contribution in [0.15, 0.2) is 28.9 Å². The highest BCUT2D eigenvalue weighted by atomic mass is 79.9. The van der Waals surface area contributed by atoms with Gasteiger partial charge in [-0.2, -0.15) is 8.42 Å². The standard InChI is InChI=1S/C15H18BrF3N2O4S/c1-9-4-6-20-21-14(9)10-2-3-11(12(16)13(10)17)25-8-15(18,19)5-7-26(22,23)24/h2-4,6,9,14,20-21H,5,7-8H2,1H3,(H,22,23,24). The minimum atomic E-state index is -4.50. The number of hydrogen-bond acceptors (Lipinski definition) is 5. The molecule has 146 valence electrons. The quantitative estimate of drug-likeness (QED) is 0.543. The Bertz CT molecular complexity index is 789. The first kappa shape index (κ1) is 21.0. The van der Waals surface area contributed by atoms with Gasteiger partial charge in [0.15, 0.2) is 6.61 Å². The molecular formula is C15H18BrF3N2O4S. The van der Waals surface area contributed by atoms with E-state index in [0.717, 1.165) is 0 Å². The summed E-state index contributed by atoms with van der Waals surface area (Å²) in [5.74, 6) is -5.38. The fourth-order valence-electron chi connectivity index (χ4n) is 2.37. The lowest BCUT2D eigenvalue weighted by Gasteiger charge is -2.28. The van der Waals surface area contributed by atoms with Crippen molar-refractivity contribution < 1.29 is 30.9 Å². The molecule has 6 nitrogen and oxygen atoms in total. The van der Waals surface area contributed by atoms with Gasteiger partial charge in [0.2, 0.25) is 0 Å². The molecule has 0 radical (unpaired) electrons. The Morgan fingerprint density at radius 2 is 2.08 bits per heavy atom. The van der Waals surface area contributed by atoms with Crippen LogP contribution in [0.4, 0.5) is 13.2 Å². The third-order valence-corrected chi connectivity index (χ3v) is 5.28. The maximum absolute atomic E-state index is 14.6. The third kappa shape index (κ3) is 5.60. The van der Waals surface area contributed by atoms with Crippen molar-refractivity contribution in [2.75, 3.05) is 12.4 Å². The molecular weight excluding hydrogens is 441 g/mol. The number of ether oxygens (including phenoxy) is 1. The number of nitrogens with one attached hydrogen (secondary N) is 2. The summed E-state index contributed by atoms with van der Waals surface area (Å²) in [7, 11) is -4.50. The molecule has 0 spiro atoms. The van der Waals surface area contributed by atoms with Gasteiger partial charge in [0.05, 0.1) is 16.3 Å². The summed E-state index contributed by atoms with van der Waals surface area (Å²) in [6, 6.07) is 2.43. The smallest absolute Gasteiger partial charge is 0.282 e. The maximum Gasteiger partial charge on any atom is 0.282 e. The molecule has 0 aliphatic carbocycles. The molecule has 0 saturated carbocycles. The van der Waals surface area contributed by atoms with Gasteiger partial charge in [0.25, 0.3) is 16.0 Å². The number of rotatable bonds is 7. The van der Waals surface area contributed by atoms with E-state index in [4.69, 9.17) is 9.29 Å². The summed E-state index contributed by atoms with van der Waals surface area (Å²) in [5.41, 5.74) is 6.03. The van der Waals surface area contributed by atoms with Crippen LogP contribution in [0.3, 0.4) is 0 Å². The minimum absolute atomic E-state index is 0.00539. The molecule has 3 N–H and O–H groups in total. The van der Waals surface area contributed by atoms with E-state index in [1.165, 1.54) is 12.1 Å². The van der Waals surface area contributed by atoms with Crippen LogP contribution in [-0.4, -0.2) is 31.3 Å². The molecule has 2 rings (SSSR count). The zero-order valence-corrected chi connectivity index (χ0v) is 16.1. The van der Waals surface area contributed by atoms with Gasteiger partial charge < -0.3 is 10.2 Å². The number of halogens is 4. The van der Waals surface area contributed by atoms with Crippen LogP contribution >= 0.6 is 15.9 Å². The Morgan fingerprint density at radius 3 is 2.69 bits per heavy atom. The first-order valence-electron chi connectivity index (χ1n) is 7.61. The van der Waals surface area contributed by atoms with Gasteiger partial charge >= 0.3 is 0 Å². The zero-order chi connectivity index (χ0) is 19.5. The van der Waals surface area contributed by atoms with Crippen molar-refractivity contribution in [3.05, 3.63) is 40.3 Å². The van der Waals surface area contributed by atoms with Gasteiger partial charge in [-0.25, -0.2) is 18.6 Å². The molecule has 26 heavy (non-hydrogen) atoms. The molecule has 2 atom stereocenters. The average Bonchev–Trinajstić information content (AvgIpc) is 2.55. The Labute approximate surface area is 157 Å². The highest BCUT2D eigenvalue weighted by Crippen LogP contribution is 2.36. The third-order valence-electron chi connectivity index (χ3n) is 3.82. The highest BCUT2D eigenvalue weighted by molar-refractivity contribution is 9.10. The molecule has 11 heteroatoms. The monoisotopic (exact) mass is 458 g/mol. The average molecular weight is 459 g/mol. The fraction of sp³-hybridized carbons (Fsp3) is 0.467. The van der Waals surface area contributed by atoms with Gasteiger partial charge in [0, 0.05) is 18.2 Å². The minimum Gasteiger partial charge on any atom is -0.486 e. The second-order valence-electron chi connectivity index (χ2n) is 5.95. The molecule has 1 aliphatic heterocycles. The van der Waals surface area contributed by atoms with Crippen LogP contribution in [0.2, 0.25) is 0 Å². The van der Waals surface area contributed by atoms with E-state index < -0.39 is 40.6 Å². The Hall–Kier alpha value is -1.30. The molecule has 0 aromatic heterocycles. The predicted octanol–water partition coefficient (Wildman–Crippen LogP) is 3.18. The number of hydrogen-bond donors (Lipinski definition) is 3. The first-order valence-corrected chi connectivity index (χ1v) is 10.0. The van der Waals surface area contributed by atoms with Gasteiger partial charge in [-0.3, -0.25) is 4.55 Å². The van der Waals surface area contributed by atoms with Crippen molar-refractivity contribution in [3.63, 3.8) is 0 Å². The van der Waals surface area contributed by atoms with Gasteiger partial charge in [0.1, 0.15) is 11.6 Å². The van der Waals surface area contributed by atoms with Crippen LogP contribution in [0, 0.1) is 11.7 Å². The largest absolute Gasteiger partial charge is 0.486 e. The molecule has 1 aromatic rings. The summed E-state index contributed by atoms with van der Waals surface area (Å²) < 4.78 is 76.5. The molecule has 1 heterocycles. The van der Waals surface area contributed by atoms with E-state index in [1.807, 2.05) is 13.0 Å². The summed E-state index contributed by atoms with van der Waals surface area (Å²) in [5, 5.41) is 0. The van der Waals surface area contributed by atoms with Gasteiger partial charge in [-0.05, 0) is 27.9 Å². The zero-order valence-electron chi connectivity index (χ0n) is 13.7. The molecule has 0 fully saturated rings. The first-order chi connectivity index (χ1) is 12.0. The lowest BCUT2D eigenvalue weighted by atomic mass is 9.93. The predicted molar refractivity (Wildman–Crippen MR) is 92.9 cm³/mol. The van der Waals surface area contributed by atoms with E-state index in [-0.39, 0.29) is 22.2 Å². The second-order valence-corrected chi connectivity index (χ2v) is 8.31. The van der Waals surface area contributed by atoms with E-state index in [1.54, 1.807) is 6.20 Å². The second kappa shape index (κ2) is 8.15. The van der Waals surface area contributed by atoms with Crippen LogP contribution in [-0.2, 0) is 10.1 Å². The van der Waals surface area contributed by atoms with Gasteiger partial charge in [-0.15, -0.1) is 0 Å². The summed E-state index contributed by atoms with van der Waals surface area (Å²) in [6.07, 6.45) is 2.44. The van der Waals surface area contributed by atoms with Crippen molar-refractivity contribution in [3.8, 4) is 5.75 Å². The number of alkyl halides is 2. The SMILES string of the molecule is CC1C=CNNC1c1ccc(OCC(F)(F)CCS(=O)(=O)O)c(Br)c1F. The van der Waals surface area contributed by atoms with Crippen molar-refractivity contribution in [2.45, 2.75) is 25.3 Å². The van der Waals surface area contributed by atoms with Crippen molar-refractivity contribution in [1.29, 1.82) is 0 Å². The van der Waals surface area contributed by atoms with Crippen molar-refractivity contribution >= 4 is 26.0 Å².